The lowest BCUT2D eigenvalue weighted by Gasteiger charge is -2.39. The molecule has 22 heavy (non-hydrogen) atoms. The lowest BCUT2D eigenvalue weighted by atomic mass is 9.79. The van der Waals surface area contributed by atoms with E-state index in [4.69, 9.17) is 0 Å². The van der Waals surface area contributed by atoms with Crippen LogP contribution in [-0.4, -0.2) is 59.6 Å². The van der Waals surface area contributed by atoms with Gasteiger partial charge in [0, 0.05) is 26.2 Å². The van der Waals surface area contributed by atoms with Crippen molar-refractivity contribution in [2.45, 2.75) is 37.2 Å². The molecule has 1 N–H and O–H groups in total. The van der Waals surface area contributed by atoms with E-state index in [1.165, 1.54) is 0 Å². The number of carbonyl (C=O) groups excluding carboxylic acids is 1. The zero-order chi connectivity index (χ0) is 15.6. The minimum atomic E-state index is -0.873. The van der Waals surface area contributed by atoms with Crippen molar-refractivity contribution in [3.63, 3.8) is 0 Å². The molecule has 1 aliphatic carbocycles. The predicted octanol–water partition coefficient (Wildman–Crippen LogP) is 1.85. The molecule has 3 rings (SSSR count). The molecule has 120 valence electrons. The minimum absolute atomic E-state index is 0.101. The second-order valence-electron chi connectivity index (χ2n) is 6.78. The van der Waals surface area contributed by atoms with Gasteiger partial charge in [-0.3, -0.25) is 4.79 Å². The Morgan fingerprint density at radius 3 is 2.27 bits per heavy atom. The molecule has 1 saturated carbocycles. The molecule has 0 unspecified atom stereocenters. The third-order valence-corrected chi connectivity index (χ3v) is 5.20. The summed E-state index contributed by atoms with van der Waals surface area (Å²) in [6.07, 6.45) is 3.48. The van der Waals surface area contributed by atoms with E-state index in [9.17, 15) is 9.90 Å². The van der Waals surface area contributed by atoms with Crippen molar-refractivity contribution in [3.05, 3.63) is 35.9 Å². The van der Waals surface area contributed by atoms with Crippen LogP contribution in [0, 0.1) is 0 Å². The molecule has 1 atom stereocenters. The predicted molar refractivity (Wildman–Crippen MR) is 86.7 cm³/mol. The van der Waals surface area contributed by atoms with Crippen molar-refractivity contribution in [1.82, 2.24) is 9.80 Å². The van der Waals surface area contributed by atoms with Crippen molar-refractivity contribution < 1.29 is 9.90 Å². The van der Waals surface area contributed by atoms with E-state index in [0.717, 1.165) is 57.4 Å². The van der Waals surface area contributed by atoms with Crippen molar-refractivity contribution in [2.24, 2.45) is 0 Å². The number of amides is 1. The second kappa shape index (κ2) is 6.39. The molecular weight excluding hydrogens is 276 g/mol. The normalized spacial score (nSPS) is 23.5. The Hall–Kier alpha value is -1.39. The van der Waals surface area contributed by atoms with E-state index in [-0.39, 0.29) is 5.91 Å². The Bertz CT molecular complexity index is 503. The highest BCUT2D eigenvalue weighted by atomic mass is 16.3. The van der Waals surface area contributed by atoms with Gasteiger partial charge in [-0.05, 0) is 25.5 Å². The Morgan fingerprint density at radius 1 is 1.09 bits per heavy atom. The van der Waals surface area contributed by atoms with Gasteiger partial charge in [0.1, 0.15) is 0 Å². The first-order valence-electron chi connectivity index (χ1n) is 8.35. The number of hydrogen-bond donors (Lipinski definition) is 1. The van der Waals surface area contributed by atoms with Crippen LogP contribution >= 0.6 is 0 Å². The molecule has 4 nitrogen and oxygen atoms in total. The first-order chi connectivity index (χ1) is 10.6. The Labute approximate surface area is 132 Å². The summed E-state index contributed by atoms with van der Waals surface area (Å²) in [7, 11) is 2.08. The second-order valence-corrected chi connectivity index (χ2v) is 6.78. The summed E-state index contributed by atoms with van der Waals surface area (Å²) in [5.74, 6) is -0.316. The number of hydrogen-bond acceptors (Lipinski definition) is 3. The average molecular weight is 302 g/mol. The number of rotatable bonds is 3. The van der Waals surface area contributed by atoms with Crippen molar-refractivity contribution in [2.75, 3.05) is 33.2 Å². The Balaban J connectivity index is 1.87. The van der Waals surface area contributed by atoms with Crippen LogP contribution in [0.5, 0.6) is 0 Å². The monoisotopic (exact) mass is 302 g/mol. The number of aliphatic hydroxyl groups is 1. The molecule has 2 fully saturated rings. The summed E-state index contributed by atoms with van der Waals surface area (Å²) in [5, 5.41) is 11.1. The maximum absolute atomic E-state index is 13.1. The Morgan fingerprint density at radius 2 is 1.68 bits per heavy atom. The van der Waals surface area contributed by atoms with Crippen molar-refractivity contribution in [3.8, 4) is 0 Å². The van der Waals surface area contributed by atoms with Gasteiger partial charge in [0.15, 0.2) is 0 Å². The first kappa shape index (κ1) is 15.5. The third-order valence-electron chi connectivity index (χ3n) is 5.20. The maximum Gasteiger partial charge on any atom is 0.233 e. The topological polar surface area (TPSA) is 43.8 Å². The van der Waals surface area contributed by atoms with E-state index in [2.05, 4.69) is 11.9 Å². The van der Waals surface area contributed by atoms with Gasteiger partial charge in [-0.2, -0.15) is 0 Å². The Kier molecular flexibility index (Phi) is 4.50. The molecule has 0 bridgehead atoms. The van der Waals surface area contributed by atoms with Crippen molar-refractivity contribution in [1.29, 1.82) is 0 Å². The number of piperazine rings is 1. The van der Waals surface area contributed by atoms with Gasteiger partial charge in [0.05, 0.1) is 11.5 Å². The molecule has 1 heterocycles. The van der Waals surface area contributed by atoms with Crippen LogP contribution in [-0.2, 0) is 4.79 Å². The van der Waals surface area contributed by atoms with Crippen LogP contribution < -0.4 is 0 Å². The van der Waals surface area contributed by atoms with Gasteiger partial charge in [-0.25, -0.2) is 0 Å². The molecule has 0 radical (unpaired) electrons. The van der Waals surface area contributed by atoms with Crippen LogP contribution in [0.4, 0.5) is 0 Å². The summed E-state index contributed by atoms with van der Waals surface area (Å²) in [5.41, 5.74) is 0.0812. The maximum atomic E-state index is 13.1. The highest BCUT2D eigenvalue weighted by molar-refractivity contribution is 5.85. The number of likely N-dealkylation sites (N-methyl/N-ethyl adjacent to an activating group) is 1. The largest absolute Gasteiger partial charge is 0.389 e. The molecule has 1 aromatic rings. The van der Waals surface area contributed by atoms with Crippen LogP contribution in [0.25, 0.3) is 0 Å². The summed E-state index contributed by atoms with van der Waals surface area (Å²) < 4.78 is 0. The summed E-state index contributed by atoms with van der Waals surface area (Å²) in [6.45, 7) is 3.33. The molecule has 0 aromatic heterocycles. The summed E-state index contributed by atoms with van der Waals surface area (Å²) in [6, 6.07) is 9.83. The van der Waals surface area contributed by atoms with Crippen LogP contribution in [0.15, 0.2) is 30.3 Å². The SMILES string of the molecule is CN1CCN(C(=O)[C@H](c2ccccc2)C2(O)CCCC2)CC1. The summed E-state index contributed by atoms with van der Waals surface area (Å²) in [4.78, 5) is 17.3. The zero-order valence-corrected chi connectivity index (χ0v) is 13.4. The van der Waals surface area contributed by atoms with Gasteiger partial charge < -0.3 is 14.9 Å². The molecular formula is C18H26N2O2. The van der Waals surface area contributed by atoms with E-state index in [1.807, 2.05) is 35.2 Å². The summed E-state index contributed by atoms with van der Waals surface area (Å²) >= 11 is 0. The van der Waals surface area contributed by atoms with E-state index >= 15 is 0 Å². The van der Waals surface area contributed by atoms with Gasteiger partial charge in [-0.1, -0.05) is 43.2 Å². The lowest BCUT2D eigenvalue weighted by Crippen LogP contribution is -2.52. The molecule has 2 aliphatic rings. The van der Waals surface area contributed by atoms with Crippen LogP contribution in [0.1, 0.15) is 37.2 Å². The molecule has 1 saturated heterocycles. The molecule has 0 spiro atoms. The number of carbonyl (C=O) groups is 1. The third kappa shape index (κ3) is 3.03. The van der Waals surface area contributed by atoms with Gasteiger partial charge in [0.25, 0.3) is 0 Å². The fourth-order valence-electron chi connectivity index (χ4n) is 3.81. The number of nitrogens with zero attached hydrogens (tertiary/aromatic N) is 2. The molecule has 1 aromatic carbocycles. The zero-order valence-electron chi connectivity index (χ0n) is 13.4. The number of benzene rings is 1. The van der Waals surface area contributed by atoms with Gasteiger partial charge in [0.2, 0.25) is 5.91 Å². The van der Waals surface area contributed by atoms with Crippen LogP contribution in [0.2, 0.25) is 0 Å². The molecule has 1 aliphatic heterocycles. The van der Waals surface area contributed by atoms with Crippen molar-refractivity contribution >= 4 is 5.91 Å². The van der Waals surface area contributed by atoms with E-state index < -0.39 is 11.5 Å². The highest BCUT2D eigenvalue weighted by Gasteiger charge is 2.45. The molecule has 1 amide bonds. The fourth-order valence-corrected chi connectivity index (χ4v) is 3.81. The lowest BCUT2D eigenvalue weighted by molar-refractivity contribution is -0.141. The highest BCUT2D eigenvalue weighted by Crippen LogP contribution is 2.42. The quantitative estimate of drug-likeness (QED) is 0.927. The molecule has 4 heteroatoms. The fraction of sp³-hybridized carbons (Fsp3) is 0.611. The van der Waals surface area contributed by atoms with Gasteiger partial charge >= 0.3 is 0 Å². The van der Waals surface area contributed by atoms with Crippen LogP contribution in [0.3, 0.4) is 0 Å². The first-order valence-corrected chi connectivity index (χ1v) is 8.35. The standard InChI is InChI=1S/C18H26N2O2/c1-19-11-13-20(14-12-19)17(21)16(15-7-3-2-4-8-15)18(22)9-5-6-10-18/h2-4,7-8,16,22H,5-6,9-14H2,1H3/t16-/m0/s1. The minimum Gasteiger partial charge on any atom is -0.389 e. The van der Waals surface area contributed by atoms with Gasteiger partial charge in [-0.15, -0.1) is 0 Å². The average Bonchev–Trinajstić information content (AvgIpc) is 2.96. The smallest absolute Gasteiger partial charge is 0.233 e. The van der Waals surface area contributed by atoms with E-state index in [1.54, 1.807) is 0 Å². The van der Waals surface area contributed by atoms with E-state index in [0.29, 0.717) is 0 Å².